The van der Waals surface area contributed by atoms with Crippen molar-refractivity contribution < 1.29 is 9.21 Å². The van der Waals surface area contributed by atoms with E-state index in [-0.39, 0.29) is 23.3 Å². The van der Waals surface area contributed by atoms with Crippen molar-refractivity contribution in [1.29, 1.82) is 0 Å². The Morgan fingerprint density at radius 1 is 1.28 bits per heavy atom. The monoisotopic (exact) mass is 338 g/mol. The number of rotatable bonds is 4. The first-order chi connectivity index (χ1) is 12.2. The van der Waals surface area contributed by atoms with E-state index in [4.69, 9.17) is 4.42 Å². The van der Waals surface area contributed by atoms with Crippen molar-refractivity contribution in [2.45, 2.75) is 32.0 Å². The van der Waals surface area contributed by atoms with Crippen molar-refractivity contribution in [1.82, 2.24) is 19.4 Å². The standard InChI is InChI=1S/C18H18N4O3/c23-17-3-1-2-9-22(17)12-14-5-6-15(25-14)18(24)20-13-4-7-16-19-8-10-21(16)11-13/h1-3,5-6,8-10,13H,4,7,11-12H2,(H,20,24)/t13-/m1/s1. The van der Waals surface area contributed by atoms with Gasteiger partial charge in [0, 0.05) is 43.7 Å². The van der Waals surface area contributed by atoms with Crippen LogP contribution in [-0.4, -0.2) is 26.1 Å². The fraction of sp³-hybridized carbons (Fsp3) is 0.278. The number of nitrogens with zero attached hydrogens (tertiary/aromatic N) is 3. The van der Waals surface area contributed by atoms with Crippen molar-refractivity contribution in [3.8, 4) is 0 Å². The molecule has 25 heavy (non-hydrogen) atoms. The Balaban J connectivity index is 1.41. The summed E-state index contributed by atoms with van der Waals surface area (Å²) in [5.41, 5.74) is -0.108. The Hall–Kier alpha value is -3.09. The zero-order valence-corrected chi connectivity index (χ0v) is 13.6. The molecule has 1 aliphatic rings. The van der Waals surface area contributed by atoms with E-state index in [1.54, 1.807) is 36.7 Å². The highest BCUT2D eigenvalue weighted by Crippen LogP contribution is 2.15. The Morgan fingerprint density at radius 3 is 3.08 bits per heavy atom. The molecule has 1 amide bonds. The molecule has 1 N–H and O–H groups in total. The van der Waals surface area contributed by atoms with E-state index in [0.29, 0.717) is 18.8 Å². The van der Waals surface area contributed by atoms with Gasteiger partial charge in [0.25, 0.3) is 11.5 Å². The molecule has 128 valence electrons. The van der Waals surface area contributed by atoms with Crippen LogP contribution >= 0.6 is 0 Å². The van der Waals surface area contributed by atoms with Gasteiger partial charge in [0.2, 0.25) is 0 Å². The molecule has 3 aromatic heterocycles. The third-order valence-corrected chi connectivity index (χ3v) is 4.38. The fourth-order valence-electron chi connectivity index (χ4n) is 3.08. The summed E-state index contributed by atoms with van der Waals surface area (Å²) in [6, 6.07) is 8.39. The molecule has 0 fully saturated rings. The van der Waals surface area contributed by atoms with Gasteiger partial charge in [0.05, 0.1) is 6.54 Å². The second-order valence-corrected chi connectivity index (χ2v) is 6.14. The molecule has 0 radical (unpaired) electrons. The predicted molar refractivity (Wildman–Crippen MR) is 90.3 cm³/mol. The van der Waals surface area contributed by atoms with Gasteiger partial charge in [-0.3, -0.25) is 9.59 Å². The molecule has 0 bridgehead atoms. The molecule has 0 saturated heterocycles. The minimum atomic E-state index is -0.236. The molecule has 4 rings (SSSR count). The van der Waals surface area contributed by atoms with Crippen LogP contribution in [0.1, 0.15) is 28.6 Å². The molecule has 3 aromatic rings. The number of imidazole rings is 1. The molecule has 7 nitrogen and oxygen atoms in total. The first kappa shape index (κ1) is 15.4. The lowest BCUT2D eigenvalue weighted by Crippen LogP contribution is -2.40. The lowest BCUT2D eigenvalue weighted by atomic mass is 10.1. The van der Waals surface area contributed by atoms with Gasteiger partial charge in [0.1, 0.15) is 11.6 Å². The third-order valence-electron chi connectivity index (χ3n) is 4.38. The quantitative estimate of drug-likeness (QED) is 0.780. The molecule has 0 aromatic carbocycles. The van der Waals surface area contributed by atoms with Crippen molar-refractivity contribution in [3.05, 3.63) is 76.6 Å². The molecule has 1 atom stereocenters. The number of amides is 1. The number of hydrogen-bond acceptors (Lipinski definition) is 4. The topological polar surface area (TPSA) is 82.1 Å². The van der Waals surface area contributed by atoms with Gasteiger partial charge in [0.15, 0.2) is 5.76 Å². The van der Waals surface area contributed by atoms with Crippen LogP contribution in [0.5, 0.6) is 0 Å². The number of carbonyl (C=O) groups excluding carboxylic acids is 1. The van der Waals surface area contributed by atoms with Crippen LogP contribution < -0.4 is 10.9 Å². The van der Waals surface area contributed by atoms with E-state index in [9.17, 15) is 9.59 Å². The van der Waals surface area contributed by atoms with Gasteiger partial charge < -0.3 is 18.9 Å². The minimum absolute atomic E-state index is 0.0551. The number of fused-ring (bicyclic) bond motifs is 1. The van der Waals surface area contributed by atoms with Crippen molar-refractivity contribution >= 4 is 5.91 Å². The smallest absolute Gasteiger partial charge is 0.287 e. The van der Waals surface area contributed by atoms with Gasteiger partial charge >= 0.3 is 0 Å². The molecular weight excluding hydrogens is 320 g/mol. The summed E-state index contributed by atoms with van der Waals surface area (Å²) < 4.78 is 9.20. The molecule has 0 saturated carbocycles. The second-order valence-electron chi connectivity index (χ2n) is 6.14. The minimum Gasteiger partial charge on any atom is -0.454 e. The average Bonchev–Trinajstić information content (AvgIpc) is 3.25. The highest BCUT2D eigenvalue weighted by Gasteiger charge is 2.22. The fourth-order valence-corrected chi connectivity index (χ4v) is 3.08. The zero-order chi connectivity index (χ0) is 17.2. The number of aromatic nitrogens is 3. The summed E-state index contributed by atoms with van der Waals surface area (Å²) in [4.78, 5) is 28.4. The Bertz CT molecular complexity index is 953. The zero-order valence-electron chi connectivity index (χ0n) is 13.6. The molecular formula is C18H18N4O3. The normalized spacial score (nSPS) is 16.4. The van der Waals surface area contributed by atoms with Crippen LogP contribution in [-0.2, 0) is 19.5 Å². The number of nitrogens with one attached hydrogen (secondary N) is 1. The average molecular weight is 338 g/mol. The van der Waals surface area contributed by atoms with E-state index in [0.717, 1.165) is 18.7 Å². The summed E-state index contributed by atoms with van der Waals surface area (Å²) in [6.07, 6.45) is 7.10. The predicted octanol–water partition coefficient (Wildman–Crippen LogP) is 1.43. The lowest BCUT2D eigenvalue weighted by molar-refractivity contribution is 0.0897. The molecule has 7 heteroatoms. The Morgan fingerprint density at radius 2 is 2.20 bits per heavy atom. The maximum atomic E-state index is 12.4. The highest BCUT2D eigenvalue weighted by atomic mass is 16.4. The van der Waals surface area contributed by atoms with Crippen LogP contribution in [0, 0.1) is 0 Å². The summed E-state index contributed by atoms with van der Waals surface area (Å²) in [7, 11) is 0. The second kappa shape index (κ2) is 6.43. The Kier molecular flexibility index (Phi) is 3.97. The SMILES string of the molecule is O=C(N[C@@H]1CCc2nccn2C1)c1ccc(Cn2ccccc2=O)o1. The number of carbonyl (C=O) groups is 1. The van der Waals surface area contributed by atoms with Crippen molar-refractivity contribution in [2.24, 2.45) is 0 Å². The van der Waals surface area contributed by atoms with E-state index < -0.39 is 0 Å². The van der Waals surface area contributed by atoms with Crippen LogP contribution in [0.2, 0.25) is 0 Å². The summed E-state index contributed by atoms with van der Waals surface area (Å²) in [6.45, 7) is 1.02. The molecule has 1 aliphatic heterocycles. The lowest BCUT2D eigenvalue weighted by Gasteiger charge is -2.24. The molecule has 4 heterocycles. The van der Waals surface area contributed by atoms with E-state index >= 15 is 0 Å². The third kappa shape index (κ3) is 3.26. The summed E-state index contributed by atoms with van der Waals surface area (Å²) in [5, 5.41) is 3.00. The highest BCUT2D eigenvalue weighted by molar-refractivity contribution is 5.91. The number of pyridine rings is 1. The van der Waals surface area contributed by atoms with Gasteiger partial charge in [-0.15, -0.1) is 0 Å². The van der Waals surface area contributed by atoms with Crippen LogP contribution in [0.25, 0.3) is 0 Å². The van der Waals surface area contributed by atoms with Gasteiger partial charge in [-0.1, -0.05) is 6.07 Å². The number of furan rings is 1. The summed E-state index contributed by atoms with van der Waals surface area (Å²) in [5.74, 6) is 1.65. The first-order valence-corrected chi connectivity index (χ1v) is 8.24. The van der Waals surface area contributed by atoms with Crippen molar-refractivity contribution in [3.63, 3.8) is 0 Å². The van der Waals surface area contributed by atoms with Gasteiger partial charge in [-0.2, -0.15) is 0 Å². The van der Waals surface area contributed by atoms with E-state index in [1.807, 2.05) is 6.20 Å². The van der Waals surface area contributed by atoms with E-state index in [1.165, 1.54) is 10.6 Å². The van der Waals surface area contributed by atoms with Crippen molar-refractivity contribution in [2.75, 3.05) is 0 Å². The molecule has 0 spiro atoms. The largest absolute Gasteiger partial charge is 0.454 e. The van der Waals surface area contributed by atoms with Gasteiger partial charge in [-0.25, -0.2) is 4.98 Å². The number of hydrogen-bond donors (Lipinski definition) is 1. The van der Waals surface area contributed by atoms with Crippen LogP contribution in [0.3, 0.4) is 0 Å². The molecule has 0 unspecified atom stereocenters. The molecule has 0 aliphatic carbocycles. The van der Waals surface area contributed by atoms with Crippen LogP contribution in [0.4, 0.5) is 0 Å². The van der Waals surface area contributed by atoms with Gasteiger partial charge in [-0.05, 0) is 24.6 Å². The Labute approximate surface area is 143 Å². The van der Waals surface area contributed by atoms with E-state index in [2.05, 4.69) is 14.9 Å². The first-order valence-electron chi connectivity index (χ1n) is 8.24. The summed E-state index contributed by atoms with van der Waals surface area (Å²) >= 11 is 0. The van der Waals surface area contributed by atoms with Crippen LogP contribution in [0.15, 0.2) is 58.1 Å². The number of aryl methyl sites for hydroxylation is 1. The maximum absolute atomic E-state index is 12.4. The maximum Gasteiger partial charge on any atom is 0.287 e.